The molecule has 1 aliphatic heterocycles. The fraction of sp³-hybridized carbons (Fsp3) is 0.333. The Morgan fingerprint density at radius 3 is 2.63 bits per heavy atom. The largest absolute Gasteiger partial charge is 0.370 e. The van der Waals surface area contributed by atoms with Gasteiger partial charge in [0.25, 0.3) is 18.2 Å². The molecule has 0 unspecified atom stereocenters. The van der Waals surface area contributed by atoms with Crippen molar-refractivity contribution in [2.75, 3.05) is 43.6 Å². The first-order valence-corrected chi connectivity index (χ1v) is 11.5. The van der Waals surface area contributed by atoms with Gasteiger partial charge < -0.3 is 30.9 Å². The second-order valence-corrected chi connectivity index (χ2v) is 8.97. The van der Waals surface area contributed by atoms with E-state index < -0.39 is 41.8 Å². The standard InChI is InChI=1S/C21H22ClF2N5O5S/c1-25-21(33)28-13(9-26-20(32)15-4-5-16(22)35-15)19(31)27-11-2-3-14(12(8-11)18(23)24)29-6-7-34-10-17(29)30/h2-5,8,13,18H,6-7,9-10H2,1H3,(H,26,32)(H,27,31)(H2,25,28,33)/t13-/m1/s1. The van der Waals surface area contributed by atoms with Crippen molar-refractivity contribution in [2.45, 2.75) is 12.5 Å². The van der Waals surface area contributed by atoms with Crippen LogP contribution in [0.1, 0.15) is 21.7 Å². The van der Waals surface area contributed by atoms with Crippen LogP contribution >= 0.6 is 22.9 Å². The van der Waals surface area contributed by atoms with Crippen LogP contribution in [0.2, 0.25) is 4.34 Å². The highest BCUT2D eigenvalue weighted by Gasteiger charge is 2.27. The quantitative estimate of drug-likeness (QED) is 0.417. The Morgan fingerprint density at radius 1 is 1.23 bits per heavy atom. The number of nitrogens with one attached hydrogen (secondary N) is 4. The molecule has 1 aromatic carbocycles. The summed E-state index contributed by atoms with van der Waals surface area (Å²) >= 11 is 6.87. The summed E-state index contributed by atoms with van der Waals surface area (Å²) in [6.45, 7) is -0.159. The highest BCUT2D eigenvalue weighted by atomic mass is 35.5. The summed E-state index contributed by atoms with van der Waals surface area (Å²) in [5.41, 5.74) is -0.403. The number of ether oxygens (including phenoxy) is 1. The number of benzene rings is 1. The zero-order valence-corrected chi connectivity index (χ0v) is 20.0. The molecule has 0 radical (unpaired) electrons. The zero-order valence-electron chi connectivity index (χ0n) is 18.4. The van der Waals surface area contributed by atoms with Gasteiger partial charge in [-0.15, -0.1) is 11.3 Å². The molecule has 1 fully saturated rings. The van der Waals surface area contributed by atoms with E-state index in [0.29, 0.717) is 9.21 Å². The monoisotopic (exact) mass is 529 g/mol. The summed E-state index contributed by atoms with van der Waals surface area (Å²) in [4.78, 5) is 50.5. The highest BCUT2D eigenvalue weighted by Crippen LogP contribution is 2.33. The van der Waals surface area contributed by atoms with Crippen LogP contribution in [0.25, 0.3) is 0 Å². The molecule has 10 nitrogen and oxygen atoms in total. The van der Waals surface area contributed by atoms with Gasteiger partial charge in [-0.05, 0) is 30.3 Å². The molecule has 14 heteroatoms. The molecule has 1 aliphatic rings. The van der Waals surface area contributed by atoms with Crippen LogP contribution in [0.3, 0.4) is 0 Å². The summed E-state index contributed by atoms with van der Waals surface area (Å²) in [6, 6.07) is 4.87. The predicted octanol–water partition coefficient (Wildman–Crippen LogP) is 2.37. The molecular formula is C21H22ClF2N5O5S. The normalized spacial score (nSPS) is 14.4. The van der Waals surface area contributed by atoms with E-state index in [9.17, 15) is 28.0 Å². The molecule has 35 heavy (non-hydrogen) atoms. The molecule has 3 rings (SSSR count). The number of rotatable bonds is 8. The number of nitrogens with zero attached hydrogens (tertiary/aromatic N) is 1. The van der Waals surface area contributed by atoms with E-state index >= 15 is 0 Å². The minimum absolute atomic E-state index is 0.0215. The van der Waals surface area contributed by atoms with Gasteiger partial charge in [-0.3, -0.25) is 14.4 Å². The minimum atomic E-state index is -2.92. The number of thiophene rings is 1. The van der Waals surface area contributed by atoms with Gasteiger partial charge >= 0.3 is 6.03 Å². The smallest absolute Gasteiger partial charge is 0.315 e. The Bertz CT molecular complexity index is 1120. The Balaban J connectivity index is 1.75. The molecule has 0 aliphatic carbocycles. The van der Waals surface area contributed by atoms with E-state index in [1.807, 2.05) is 0 Å². The maximum absolute atomic E-state index is 13.8. The number of amides is 5. The van der Waals surface area contributed by atoms with Crippen molar-refractivity contribution in [3.8, 4) is 0 Å². The maximum atomic E-state index is 13.8. The van der Waals surface area contributed by atoms with Crippen LogP contribution in [0.15, 0.2) is 30.3 Å². The second kappa shape index (κ2) is 11.9. The number of carbonyl (C=O) groups is 4. The SMILES string of the molecule is CNC(=O)N[C@H](CNC(=O)c1ccc(Cl)s1)C(=O)Nc1ccc(N2CCOCC2=O)c(C(F)F)c1. The Kier molecular flexibility index (Phi) is 8.95. The van der Waals surface area contributed by atoms with Gasteiger partial charge in [-0.25, -0.2) is 13.6 Å². The molecule has 0 bridgehead atoms. The summed E-state index contributed by atoms with van der Waals surface area (Å²) < 4.78 is 33.0. The zero-order chi connectivity index (χ0) is 25.5. The van der Waals surface area contributed by atoms with Gasteiger partial charge in [0, 0.05) is 31.4 Å². The third-order valence-electron chi connectivity index (χ3n) is 4.92. The van der Waals surface area contributed by atoms with E-state index in [-0.39, 0.29) is 37.7 Å². The number of hydrogen-bond donors (Lipinski definition) is 4. The molecule has 188 valence electrons. The van der Waals surface area contributed by atoms with Gasteiger partial charge in [0.15, 0.2) is 0 Å². The van der Waals surface area contributed by atoms with E-state index in [4.69, 9.17) is 16.3 Å². The number of halogens is 3. The Morgan fingerprint density at radius 2 is 2.00 bits per heavy atom. The number of urea groups is 1. The lowest BCUT2D eigenvalue weighted by Crippen LogP contribution is -2.52. The predicted molar refractivity (Wildman–Crippen MR) is 126 cm³/mol. The van der Waals surface area contributed by atoms with E-state index in [0.717, 1.165) is 17.4 Å². The average Bonchev–Trinajstić information content (AvgIpc) is 3.28. The van der Waals surface area contributed by atoms with Crippen LogP contribution in [-0.4, -0.2) is 63.1 Å². The van der Waals surface area contributed by atoms with Gasteiger partial charge in [-0.2, -0.15) is 0 Å². The third-order valence-corrected chi connectivity index (χ3v) is 6.15. The van der Waals surface area contributed by atoms with E-state index in [1.165, 1.54) is 30.1 Å². The van der Waals surface area contributed by atoms with Crippen LogP contribution in [0.5, 0.6) is 0 Å². The number of anilines is 2. The molecule has 2 aromatic rings. The molecule has 2 heterocycles. The average molecular weight is 530 g/mol. The highest BCUT2D eigenvalue weighted by molar-refractivity contribution is 7.18. The van der Waals surface area contributed by atoms with Gasteiger partial charge in [0.2, 0.25) is 5.91 Å². The van der Waals surface area contributed by atoms with Crippen LogP contribution in [0, 0.1) is 0 Å². The van der Waals surface area contributed by atoms with Crippen LogP contribution in [0.4, 0.5) is 25.0 Å². The number of hydrogen-bond acceptors (Lipinski definition) is 6. The lowest BCUT2D eigenvalue weighted by atomic mass is 10.1. The van der Waals surface area contributed by atoms with Crippen molar-refractivity contribution < 1.29 is 32.7 Å². The summed E-state index contributed by atoms with van der Waals surface area (Å²) in [5, 5.41) is 9.69. The molecule has 1 atom stereocenters. The summed E-state index contributed by atoms with van der Waals surface area (Å²) in [7, 11) is 1.34. The van der Waals surface area contributed by atoms with Crippen molar-refractivity contribution in [1.82, 2.24) is 16.0 Å². The minimum Gasteiger partial charge on any atom is -0.370 e. The van der Waals surface area contributed by atoms with Crippen molar-refractivity contribution in [1.29, 1.82) is 0 Å². The first-order chi connectivity index (χ1) is 16.7. The van der Waals surface area contributed by atoms with E-state index in [2.05, 4.69) is 21.3 Å². The Labute approximate surface area is 207 Å². The fourth-order valence-corrected chi connectivity index (χ4v) is 4.17. The van der Waals surface area contributed by atoms with Gasteiger partial charge in [-0.1, -0.05) is 11.6 Å². The van der Waals surface area contributed by atoms with Crippen molar-refractivity contribution in [3.05, 3.63) is 45.1 Å². The summed E-state index contributed by atoms with van der Waals surface area (Å²) in [6.07, 6.45) is -2.92. The first kappa shape index (κ1) is 26.3. The molecule has 5 amide bonds. The molecule has 0 spiro atoms. The molecule has 1 aromatic heterocycles. The number of carbonyl (C=O) groups excluding carboxylic acids is 4. The second-order valence-electron chi connectivity index (χ2n) is 7.25. The molecule has 4 N–H and O–H groups in total. The van der Waals surface area contributed by atoms with E-state index in [1.54, 1.807) is 6.07 Å². The number of alkyl halides is 2. The molecule has 1 saturated heterocycles. The van der Waals surface area contributed by atoms with Crippen molar-refractivity contribution in [2.24, 2.45) is 0 Å². The maximum Gasteiger partial charge on any atom is 0.315 e. The number of morpholine rings is 1. The van der Waals surface area contributed by atoms with Gasteiger partial charge in [0.05, 0.1) is 21.5 Å². The lowest BCUT2D eigenvalue weighted by molar-refractivity contribution is -0.125. The van der Waals surface area contributed by atoms with Crippen LogP contribution in [-0.2, 0) is 14.3 Å². The first-order valence-electron chi connectivity index (χ1n) is 10.3. The van der Waals surface area contributed by atoms with Crippen LogP contribution < -0.4 is 26.2 Å². The lowest BCUT2D eigenvalue weighted by Gasteiger charge is -2.29. The molecular weight excluding hydrogens is 508 g/mol. The molecule has 0 saturated carbocycles. The summed E-state index contributed by atoms with van der Waals surface area (Å²) in [5.74, 6) is -1.71. The third kappa shape index (κ3) is 6.87. The van der Waals surface area contributed by atoms with Crippen molar-refractivity contribution >= 4 is 58.1 Å². The topological polar surface area (TPSA) is 129 Å². The fourth-order valence-electron chi connectivity index (χ4n) is 3.21. The Hall–Kier alpha value is -3.29. The van der Waals surface area contributed by atoms with Gasteiger partial charge in [0.1, 0.15) is 12.6 Å². The van der Waals surface area contributed by atoms with Crippen molar-refractivity contribution in [3.63, 3.8) is 0 Å².